The minimum atomic E-state index is -0.454. The van der Waals surface area contributed by atoms with Gasteiger partial charge in [-0.3, -0.25) is 9.89 Å². The Morgan fingerprint density at radius 1 is 1.38 bits per heavy atom. The highest BCUT2D eigenvalue weighted by Gasteiger charge is 2.52. The number of hydrogen-bond donors (Lipinski definition) is 1. The highest BCUT2D eigenvalue weighted by Crippen LogP contribution is 2.39. The zero-order valence-corrected chi connectivity index (χ0v) is 13.9. The van der Waals surface area contributed by atoms with E-state index in [0.717, 1.165) is 11.2 Å². The van der Waals surface area contributed by atoms with Crippen molar-refractivity contribution in [2.75, 3.05) is 5.75 Å². The van der Waals surface area contributed by atoms with E-state index in [1.54, 1.807) is 13.1 Å². The van der Waals surface area contributed by atoms with E-state index in [0.29, 0.717) is 5.75 Å². The van der Waals surface area contributed by atoms with Gasteiger partial charge in [0.1, 0.15) is 0 Å². The molecule has 0 aromatic carbocycles. The SMILES string of the molecule is CC(=O)SCC(=Cc1ccn[nH]1)B1OC(C)(C)C(C)(C)O1. The third kappa shape index (κ3) is 3.78. The van der Waals surface area contributed by atoms with E-state index in [1.807, 2.05) is 39.8 Å². The Labute approximate surface area is 130 Å². The normalized spacial score (nSPS) is 20.8. The molecule has 0 aliphatic carbocycles. The number of nitrogens with one attached hydrogen (secondary N) is 1. The molecule has 0 radical (unpaired) electrons. The first-order valence-electron chi connectivity index (χ1n) is 6.90. The number of carbonyl (C=O) groups excluding carboxylic acids is 1. The molecule has 21 heavy (non-hydrogen) atoms. The van der Waals surface area contributed by atoms with Gasteiger partial charge in [0.25, 0.3) is 0 Å². The molecule has 114 valence electrons. The molecule has 0 bridgehead atoms. The Balaban J connectivity index is 2.22. The molecule has 0 spiro atoms. The maximum atomic E-state index is 11.3. The smallest absolute Gasteiger partial charge is 0.400 e. The molecule has 0 amide bonds. The molecular weight excluding hydrogens is 287 g/mol. The molecule has 7 heteroatoms. The first-order chi connectivity index (χ1) is 9.71. The molecule has 0 unspecified atom stereocenters. The fraction of sp³-hybridized carbons (Fsp3) is 0.571. The van der Waals surface area contributed by atoms with Gasteiger partial charge in [-0.05, 0) is 45.3 Å². The molecule has 1 aliphatic heterocycles. The summed E-state index contributed by atoms with van der Waals surface area (Å²) in [5.41, 5.74) is 0.985. The van der Waals surface area contributed by atoms with E-state index in [-0.39, 0.29) is 5.12 Å². The number of thioether (sulfide) groups is 1. The molecule has 1 N–H and O–H groups in total. The molecule has 1 aromatic rings. The first-order valence-corrected chi connectivity index (χ1v) is 7.89. The van der Waals surface area contributed by atoms with Gasteiger partial charge in [-0.15, -0.1) is 0 Å². The highest BCUT2D eigenvalue weighted by atomic mass is 32.2. The van der Waals surface area contributed by atoms with E-state index in [1.165, 1.54) is 11.8 Å². The van der Waals surface area contributed by atoms with E-state index in [2.05, 4.69) is 10.2 Å². The van der Waals surface area contributed by atoms with Crippen molar-refractivity contribution in [3.8, 4) is 0 Å². The topological polar surface area (TPSA) is 64.2 Å². The molecule has 1 aliphatic rings. The van der Waals surface area contributed by atoms with Crippen LogP contribution in [0.1, 0.15) is 40.3 Å². The van der Waals surface area contributed by atoms with Gasteiger partial charge in [0.2, 0.25) is 0 Å². The van der Waals surface area contributed by atoms with Crippen molar-refractivity contribution in [2.24, 2.45) is 0 Å². The average molecular weight is 308 g/mol. The van der Waals surface area contributed by atoms with Crippen LogP contribution in [0.4, 0.5) is 0 Å². The van der Waals surface area contributed by atoms with E-state index in [4.69, 9.17) is 9.31 Å². The van der Waals surface area contributed by atoms with Crippen LogP contribution >= 0.6 is 11.8 Å². The van der Waals surface area contributed by atoms with Gasteiger partial charge >= 0.3 is 7.12 Å². The van der Waals surface area contributed by atoms with E-state index < -0.39 is 18.3 Å². The molecule has 2 heterocycles. The second-order valence-electron chi connectivity index (χ2n) is 6.10. The number of H-pyrrole nitrogens is 1. The highest BCUT2D eigenvalue weighted by molar-refractivity contribution is 8.13. The molecule has 1 saturated heterocycles. The van der Waals surface area contributed by atoms with Gasteiger partial charge in [-0.25, -0.2) is 0 Å². The summed E-state index contributed by atoms with van der Waals surface area (Å²) >= 11 is 1.25. The fourth-order valence-electron chi connectivity index (χ4n) is 1.90. The fourth-order valence-corrected chi connectivity index (χ4v) is 2.49. The maximum Gasteiger partial charge on any atom is 0.491 e. The number of rotatable bonds is 4. The second kappa shape index (κ2) is 5.98. The van der Waals surface area contributed by atoms with Crippen molar-refractivity contribution in [3.63, 3.8) is 0 Å². The van der Waals surface area contributed by atoms with Crippen LogP contribution in [0.3, 0.4) is 0 Å². The van der Waals surface area contributed by atoms with Crippen LogP contribution in [-0.4, -0.2) is 39.4 Å². The minimum Gasteiger partial charge on any atom is -0.400 e. The van der Waals surface area contributed by atoms with Crippen molar-refractivity contribution in [1.29, 1.82) is 0 Å². The summed E-state index contributed by atoms with van der Waals surface area (Å²) in [6.45, 7) is 9.61. The summed E-state index contributed by atoms with van der Waals surface area (Å²) < 4.78 is 12.1. The van der Waals surface area contributed by atoms with Crippen molar-refractivity contribution in [3.05, 3.63) is 23.4 Å². The van der Waals surface area contributed by atoms with Crippen LogP contribution in [0, 0.1) is 0 Å². The summed E-state index contributed by atoms with van der Waals surface area (Å²) in [5, 5.41) is 6.89. The third-order valence-electron chi connectivity index (χ3n) is 3.86. The van der Waals surface area contributed by atoms with Crippen LogP contribution in [-0.2, 0) is 14.1 Å². The van der Waals surface area contributed by atoms with E-state index in [9.17, 15) is 4.79 Å². The molecule has 1 fully saturated rings. The number of nitrogens with zero attached hydrogens (tertiary/aromatic N) is 1. The lowest BCUT2D eigenvalue weighted by atomic mass is 9.78. The average Bonchev–Trinajstić information content (AvgIpc) is 2.91. The van der Waals surface area contributed by atoms with Gasteiger partial charge in [0.15, 0.2) is 5.12 Å². The summed E-state index contributed by atoms with van der Waals surface area (Å²) in [7, 11) is -0.454. The summed E-state index contributed by atoms with van der Waals surface area (Å²) in [5.74, 6) is 0.533. The zero-order chi connectivity index (χ0) is 15.7. The largest absolute Gasteiger partial charge is 0.491 e. The number of hydrogen-bond acceptors (Lipinski definition) is 5. The number of carbonyl (C=O) groups is 1. The van der Waals surface area contributed by atoms with Crippen molar-refractivity contribution in [2.45, 2.75) is 45.8 Å². The predicted octanol–water partition coefficient (Wildman–Crippen LogP) is 2.70. The van der Waals surface area contributed by atoms with Crippen molar-refractivity contribution in [1.82, 2.24) is 10.2 Å². The predicted molar refractivity (Wildman–Crippen MR) is 85.8 cm³/mol. The van der Waals surface area contributed by atoms with Crippen molar-refractivity contribution < 1.29 is 14.1 Å². The van der Waals surface area contributed by atoms with Gasteiger partial charge in [0, 0.05) is 18.9 Å². The Bertz CT molecular complexity index is 524. The molecule has 1 aromatic heterocycles. The van der Waals surface area contributed by atoms with Gasteiger partial charge < -0.3 is 9.31 Å². The molecule has 0 atom stereocenters. The maximum absolute atomic E-state index is 11.3. The summed E-state index contributed by atoms with van der Waals surface area (Å²) in [6, 6.07) is 1.86. The number of aromatic amines is 1. The monoisotopic (exact) mass is 308 g/mol. The molecule has 2 rings (SSSR count). The number of aromatic nitrogens is 2. The second-order valence-corrected chi connectivity index (χ2v) is 7.25. The van der Waals surface area contributed by atoms with Gasteiger partial charge in [0.05, 0.1) is 16.9 Å². The molecule has 0 saturated carbocycles. The van der Waals surface area contributed by atoms with Gasteiger partial charge in [-0.1, -0.05) is 11.8 Å². The molecular formula is C14H21BN2O3S. The van der Waals surface area contributed by atoms with Crippen LogP contribution < -0.4 is 0 Å². The van der Waals surface area contributed by atoms with E-state index >= 15 is 0 Å². The van der Waals surface area contributed by atoms with Gasteiger partial charge in [-0.2, -0.15) is 5.10 Å². The van der Waals surface area contributed by atoms with Crippen LogP contribution in [0.25, 0.3) is 6.08 Å². The van der Waals surface area contributed by atoms with Crippen LogP contribution in [0.2, 0.25) is 0 Å². The Hall–Kier alpha value is -1.05. The minimum absolute atomic E-state index is 0.0713. The van der Waals surface area contributed by atoms with Crippen molar-refractivity contribution >= 4 is 30.1 Å². The first kappa shape index (κ1) is 16.3. The van der Waals surface area contributed by atoms with Crippen LogP contribution in [0.5, 0.6) is 0 Å². The summed E-state index contributed by atoms with van der Waals surface area (Å²) in [6.07, 6.45) is 3.62. The lowest BCUT2D eigenvalue weighted by Crippen LogP contribution is -2.41. The lowest BCUT2D eigenvalue weighted by molar-refractivity contribution is -0.109. The Morgan fingerprint density at radius 2 is 2.00 bits per heavy atom. The quantitative estimate of drug-likeness (QED) is 0.866. The zero-order valence-electron chi connectivity index (χ0n) is 13.1. The molecule has 5 nitrogen and oxygen atoms in total. The lowest BCUT2D eigenvalue weighted by Gasteiger charge is -2.32. The Morgan fingerprint density at radius 3 is 2.48 bits per heavy atom. The standard InChI is InChI=1S/C14H21BN2O3S/c1-10(18)21-9-11(8-12-6-7-16-17-12)15-19-13(2,3)14(4,5)20-15/h6-8H,9H2,1-5H3,(H,16,17). The third-order valence-corrected chi connectivity index (χ3v) is 4.75. The van der Waals surface area contributed by atoms with Crippen LogP contribution in [0.15, 0.2) is 17.7 Å². The Kier molecular flexibility index (Phi) is 4.65. The summed E-state index contributed by atoms with van der Waals surface area (Å²) in [4.78, 5) is 11.3.